The van der Waals surface area contributed by atoms with Crippen molar-refractivity contribution < 1.29 is 9.53 Å². The van der Waals surface area contributed by atoms with Crippen molar-refractivity contribution in [2.45, 2.75) is 13.8 Å². The van der Waals surface area contributed by atoms with Crippen LogP contribution in [-0.4, -0.2) is 55.1 Å². The summed E-state index contributed by atoms with van der Waals surface area (Å²) in [6.45, 7) is 9.56. The molecule has 1 amide bonds. The first-order chi connectivity index (χ1) is 17.1. The van der Waals surface area contributed by atoms with Gasteiger partial charge in [0.05, 0.1) is 10.2 Å². The molecule has 0 atom stereocenters. The molecule has 0 saturated carbocycles. The Hall–Kier alpha value is -3.42. The number of aryl methyl sites for hydroxylation is 2. The summed E-state index contributed by atoms with van der Waals surface area (Å²) in [4.78, 5) is 22.4. The lowest BCUT2D eigenvalue weighted by molar-refractivity contribution is 0.0947. The Morgan fingerprint density at radius 3 is 2.54 bits per heavy atom. The zero-order valence-electron chi connectivity index (χ0n) is 20.2. The van der Waals surface area contributed by atoms with Crippen molar-refractivity contribution in [3.63, 3.8) is 0 Å². The molecule has 1 aliphatic heterocycles. The first-order valence-corrected chi connectivity index (χ1v) is 12.8. The van der Waals surface area contributed by atoms with E-state index in [0.717, 1.165) is 49.1 Å². The number of aromatic nitrogens is 1. The fourth-order valence-electron chi connectivity index (χ4n) is 4.27. The zero-order chi connectivity index (χ0) is 24.2. The maximum atomic E-state index is 12.7. The third-order valence-corrected chi connectivity index (χ3v) is 7.59. The van der Waals surface area contributed by atoms with E-state index in [-0.39, 0.29) is 5.91 Å². The van der Waals surface area contributed by atoms with E-state index in [2.05, 4.69) is 41.1 Å². The number of hydrogen-bond acceptors (Lipinski definition) is 6. The minimum absolute atomic E-state index is 0.0812. The van der Waals surface area contributed by atoms with Gasteiger partial charge in [0.25, 0.3) is 5.91 Å². The van der Waals surface area contributed by atoms with Crippen LogP contribution in [0.25, 0.3) is 10.2 Å². The van der Waals surface area contributed by atoms with E-state index in [1.807, 2.05) is 48.5 Å². The molecule has 0 unspecified atom stereocenters. The normalized spacial score (nSPS) is 14.3. The van der Waals surface area contributed by atoms with Crippen LogP contribution in [0.5, 0.6) is 11.5 Å². The first-order valence-electron chi connectivity index (χ1n) is 12.0. The topological polar surface area (TPSA) is 57.7 Å². The van der Waals surface area contributed by atoms with Crippen molar-refractivity contribution in [3.8, 4) is 11.5 Å². The zero-order valence-corrected chi connectivity index (χ0v) is 21.0. The molecular weight excluding hydrogens is 456 g/mol. The summed E-state index contributed by atoms with van der Waals surface area (Å²) < 4.78 is 7.11. The maximum absolute atomic E-state index is 12.7. The monoisotopic (exact) mass is 486 g/mol. The van der Waals surface area contributed by atoms with Crippen LogP contribution in [0.2, 0.25) is 0 Å². The van der Waals surface area contributed by atoms with Gasteiger partial charge in [0.2, 0.25) is 0 Å². The van der Waals surface area contributed by atoms with Crippen LogP contribution in [0.4, 0.5) is 5.13 Å². The van der Waals surface area contributed by atoms with Gasteiger partial charge in [0, 0.05) is 44.8 Å². The molecule has 4 aromatic rings. The highest BCUT2D eigenvalue weighted by Gasteiger charge is 2.20. The van der Waals surface area contributed by atoms with Crippen LogP contribution in [0.3, 0.4) is 0 Å². The Labute approximate surface area is 210 Å². The van der Waals surface area contributed by atoms with Crippen LogP contribution < -0.4 is 15.0 Å². The first kappa shape index (κ1) is 23.3. The maximum Gasteiger partial charge on any atom is 0.251 e. The Bertz CT molecular complexity index is 1310. The third-order valence-electron chi connectivity index (χ3n) is 6.51. The number of benzene rings is 3. The lowest BCUT2D eigenvalue weighted by Crippen LogP contribution is -2.48. The van der Waals surface area contributed by atoms with Crippen molar-refractivity contribution in [1.29, 1.82) is 0 Å². The molecule has 6 nitrogen and oxygen atoms in total. The number of anilines is 1. The van der Waals surface area contributed by atoms with Gasteiger partial charge in [-0.2, -0.15) is 0 Å². The molecule has 1 aliphatic rings. The molecule has 0 spiro atoms. The van der Waals surface area contributed by atoms with E-state index in [0.29, 0.717) is 17.9 Å². The lowest BCUT2D eigenvalue weighted by atomic mass is 10.1. The highest BCUT2D eigenvalue weighted by Crippen LogP contribution is 2.32. The van der Waals surface area contributed by atoms with Crippen molar-refractivity contribution in [1.82, 2.24) is 15.2 Å². The van der Waals surface area contributed by atoms with Crippen LogP contribution in [0.1, 0.15) is 21.5 Å². The molecule has 1 fully saturated rings. The van der Waals surface area contributed by atoms with Gasteiger partial charge < -0.3 is 15.0 Å². The van der Waals surface area contributed by atoms with Gasteiger partial charge in [-0.3, -0.25) is 9.69 Å². The minimum atomic E-state index is -0.0812. The third kappa shape index (κ3) is 5.47. The summed E-state index contributed by atoms with van der Waals surface area (Å²) in [7, 11) is 0. The number of para-hydroxylation sites is 1. The SMILES string of the molecule is Cc1ccc2sc(N3CCN(CCNC(=O)c4cccc(Oc5ccccc5)c4)CC3)nc2c1C. The predicted molar refractivity (Wildman–Crippen MR) is 143 cm³/mol. The van der Waals surface area contributed by atoms with Gasteiger partial charge in [-0.1, -0.05) is 41.7 Å². The second-order valence-corrected chi connectivity index (χ2v) is 9.89. The van der Waals surface area contributed by atoms with E-state index in [1.165, 1.54) is 15.8 Å². The second-order valence-electron chi connectivity index (χ2n) is 8.88. The highest BCUT2D eigenvalue weighted by atomic mass is 32.1. The van der Waals surface area contributed by atoms with Gasteiger partial charge in [-0.15, -0.1) is 0 Å². The molecule has 0 bridgehead atoms. The number of carbonyl (C=O) groups excluding carboxylic acids is 1. The van der Waals surface area contributed by atoms with Crippen molar-refractivity contribution >= 4 is 32.6 Å². The number of ether oxygens (including phenoxy) is 1. The van der Waals surface area contributed by atoms with Crippen LogP contribution in [0, 0.1) is 13.8 Å². The molecule has 2 heterocycles. The quantitative estimate of drug-likeness (QED) is 0.386. The van der Waals surface area contributed by atoms with Gasteiger partial charge in [-0.05, 0) is 61.4 Å². The van der Waals surface area contributed by atoms with Crippen LogP contribution in [0.15, 0.2) is 66.7 Å². The smallest absolute Gasteiger partial charge is 0.251 e. The van der Waals surface area contributed by atoms with Gasteiger partial charge in [0.1, 0.15) is 11.5 Å². The van der Waals surface area contributed by atoms with Crippen molar-refractivity contribution in [2.24, 2.45) is 0 Å². The van der Waals surface area contributed by atoms with Crippen molar-refractivity contribution in [3.05, 3.63) is 83.4 Å². The summed E-state index contributed by atoms with van der Waals surface area (Å²) >= 11 is 1.78. The standard InChI is InChI=1S/C28H30N4O2S/c1-20-11-12-25-26(21(20)2)30-28(35-25)32-17-15-31(16-18-32)14-13-29-27(33)22-7-6-10-24(19-22)34-23-8-4-3-5-9-23/h3-12,19H,13-18H2,1-2H3,(H,29,33). The lowest BCUT2D eigenvalue weighted by Gasteiger charge is -2.34. The number of carbonyl (C=O) groups is 1. The summed E-state index contributed by atoms with van der Waals surface area (Å²) in [5, 5.41) is 4.16. The summed E-state index contributed by atoms with van der Waals surface area (Å²) in [6, 6.07) is 21.2. The molecule has 0 aliphatic carbocycles. The number of thiazole rings is 1. The summed E-state index contributed by atoms with van der Waals surface area (Å²) in [6.07, 6.45) is 0. The number of rotatable bonds is 7. The molecule has 1 N–H and O–H groups in total. The van der Waals surface area contributed by atoms with Gasteiger partial charge in [-0.25, -0.2) is 4.98 Å². The van der Waals surface area contributed by atoms with Crippen LogP contribution >= 0.6 is 11.3 Å². The Morgan fingerprint density at radius 1 is 0.971 bits per heavy atom. The number of nitrogens with one attached hydrogen (secondary N) is 1. The number of nitrogens with zero attached hydrogens (tertiary/aromatic N) is 3. The number of hydrogen-bond donors (Lipinski definition) is 1. The van der Waals surface area contributed by atoms with E-state index in [4.69, 9.17) is 9.72 Å². The molecule has 1 saturated heterocycles. The fraction of sp³-hybridized carbons (Fsp3) is 0.286. The largest absolute Gasteiger partial charge is 0.457 e. The van der Waals surface area contributed by atoms with E-state index in [1.54, 1.807) is 17.4 Å². The number of fused-ring (bicyclic) bond motifs is 1. The Kier molecular flexibility index (Phi) is 6.97. The summed E-state index contributed by atoms with van der Waals surface area (Å²) in [5.74, 6) is 1.32. The van der Waals surface area contributed by atoms with Gasteiger partial charge >= 0.3 is 0 Å². The predicted octanol–water partition coefficient (Wildman–Crippen LogP) is 5.26. The second kappa shape index (κ2) is 10.5. The Morgan fingerprint density at radius 2 is 1.74 bits per heavy atom. The van der Waals surface area contributed by atoms with E-state index in [9.17, 15) is 4.79 Å². The number of piperazine rings is 1. The molecule has 35 heavy (non-hydrogen) atoms. The highest BCUT2D eigenvalue weighted by molar-refractivity contribution is 7.22. The molecule has 3 aromatic carbocycles. The number of amides is 1. The molecule has 180 valence electrons. The summed E-state index contributed by atoms with van der Waals surface area (Å²) in [5.41, 5.74) is 4.30. The van der Waals surface area contributed by atoms with E-state index < -0.39 is 0 Å². The Balaban J connectivity index is 1.10. The minimum Gasteiger partial charge on any atom is -0.457 e. The van der Waals surface area contributed by atoms with Crippen molar-refractivity contribution in [2.75, 3.05) is 44.2 Å². The van der Waals surface area contributed by atoms with Crippen LogP contribution in [-0.2, 0) is 0 Å². The molecular formula is C28H30N4O2S. The van der Waals surface area contributed by atoms with E-state index >= 15 is 0 Å². The fourth-order valence-corrected chi connectivity index (χ4v) is 5.34. The molecule has 7 heteroatoms. The average molecular weight is 487 g/mol. The average Bonchev–Trinajstić information content (AvgIpc) is 3.33. The molecule has 1 aromatic heterocycles. The molecule has 0 radical (unpaired) electrons. The molecule has 5 rings (SSSR count). The van der Waals surface area contributed by atoms with Gasteiger partial charge in [0.15, 0.2) is 5.13 Å².